The quantitative estimate of drug-likeness (QED) is 0.468. The summed E-state index contributed by atoms with van der Waals surface area (Å²) < 4.78 is 6.29. The molecule has 4 rings (SSSR count). The Labute approximate surface area is 185 Å². The van der Waals surface area contributed by atoms with Gasteiger partial charge in [-0.05, 0) is 60.6 Å². The molecule has 2 aromatic heterocycles. The zero-order chi connectivity index (χ0) is 20.5. The second-order valence-corrected chi connectivity index (χ2v) is 8.73. The van der Waals surface area contributed by atoms with E-state index in [1.165, 1.54) is 0 Å². The fourth-order valence-corrected chi connectivity index (χ4v) is 4.47. The lowest BCUT2D eigenvalue weighted by molar-refractivity contribution is 0.253. The van der Waals surface area contributed by atoms with E-state index in [1.54, 1.807) is 18.3 Å². The third-order valence-electron chi connectivity index (χ3n) is 4.87. The number of rotatable bonds is 5. The van der Waals surface area contributed by atoms with E-state index < -0.39 is 0 Å². The van der Waals surface area contributed by atoms with Crippen molar-refractivity contribution >= 4 is 40.5 Å². The molecule has 1 saturated heterocycles. The highest BCUT2D eigenvalue weighted by atomic mass is 35.5. The average Bonchev–Trinajstić information content (AvgIpc) is 3.27. The van der Waals surface area contributed by atoms with Crippen LogP contribution < -0.4 is 5.32 Å². The van der Waals surface area contributed by atoms with Gasteiger partial charge in [-0.1, -0.05) is 43.1 Å². The minimum absolute atomic E-state index is 0.0952. The number of hydrogen-bond acceptors (Lipinski definition) is 3. The first-order chi connectivity index (χ1) is 13.9. The van der Waals surface area contributed by atoms with E-state index in [0.717, 1.165) is 23.6 Å². The van der Waals surface area contributed by atoms with Crippen molar-refractivity contribution in [3.05, 3.63) is 76.2 Å². The van der Waals surface area contributed by atoms with Crippen LogP contribution in [0.1, 0.15) is 37.4 Å². The molecule has 3 aromatic rings. The van der Waals surface area contributed by atoms with Crippen molar-refractivity contribution in [1.82, 2.24) is 15.2 Å². The van der Waals surface area contributed by atoms with Gasteiger partial charge in [0, 0.05) is 23.3 Å². The summed E-state index contributed by atoms with van der Waals surface area (Å²) in [4.78, 5) is 6.73. The van der Waals surface area contributed by atoms with Crippen LogP contribution in [0.25, 0.3) is 11.3 Å². The largest absolute Gasteiger partial charge is 0.459 e. The normalized spacial score (nSPS) is 19.1. The first kappa shape index (κ1) is 20.2. The van der Waals surface area contributed by atoms with Gasteiger partial charge in [0.2, 0.25) is 0 Å². The standard InChI is InChI=1S/C22H21Cl2N3OS/c1-13(2)12-27-21(20(26-22(27)29)17-5-3-4-10-25-17)19-9-8-18(28-19)15-7-6-14(23)11-16(15)24/h3-11,13,20-21H,12H2,1-2H3,(H,26,29)/t20-,21+/m1/s1. The number of furan rings is 1. The fraction of sp³-hybridized carbons (Fsp3) is 0.273. The lowest BCUT2D eigenvalue weighted by Crippen LogP contribution is -2.32. The SMILES string of the molecule is CC(C)CN1C(=S)N[C@H](c2ccccn2)[C@@H]1c1ccc(-c2ccc(Cl)cc2Cl)o1. The van der Waals surface area contributed by atoms with E-state index in [1.807, 2.05) is 36.4 Å². The van der Waals surface area contributed by atoms with E-state index in [0.29, 0.717) is 26.8 Å². The number of halogens is 2. The molecule has 0 bridgehead atoms. The summed E-state index contributed by atoms with van der Waals surface area (Å²) in [6.45, 7) is 5.17. The maximum atomic E-state index is 6.38. The Kier molecular flexibility index (Phi) is 5.81. The van der Waals surface area contributed by atoms with Gasteiger partial charge < -0.3 is 14.6 Å². The molecule has 150 valence electrons. The minimum atomic E-state index is -0.0976. The smallest absolute Gasteiger partial charge is 0.170 e. The molecule has 0 spiro atoms. The first-order valence-electron chi connectivity index (χ1n) is 9.47. The number of nitrogens with one attached hydrogen (secondary N) is 1. The van der Waals surface area contributed by atoms with Gasteiger partial charge >= 0.3 is 0 Å². The molecule has 1 aromatic carbocycles. The molecular weight excluding hydrogens is 425 g/mol. The van der Waals surface area contributed by atoms with Gasteiger partial charge in [-0.15, -0.1) is 0 Å². The van der Waals surface area contributed by atoms with Crippen molar-refractivity contribution < 1.29 is 4.42 Å². The number of nitrogens with zero attached hydrogens (tertiary/aromatic N) is 2. The van der Waals surface area contributed by atoms with E-state index >= 15 is 0 Å². The summed E-state index contributed by atoms with van der Waals surface area (Å²) in [5.41, 5.74) is 1.73. The number of hydrogen-bond donors (Lipinski definition) is 1. The highest BCUT2D eigenvalue weighted by Gasteiger charge is 2.41. The van der Waals surface area contributed by atoms with E-state index in [2.05, 4.69) is 29.0 Å². The van der Waals surface area contributed by atoms with Crippen LogP contribution >= 0.6 is 35.4 Å². The van der Waals surface area contributed by atoms with Crippen molar-refractivity contribution in [2.24, 2.45) is 5.92 Å². The molecule has 0 aliphatic carbocycles. The third kappa shape index (κ3) is 4.13. The van der Waals surface area contributed by atoms with Crippen LogP contribution in [-0.2, 0) is 0 Å². The second-order valence-electron chi connectivity index (χ2n) is 7.50. The fourth-order valence-electron chi connectivity index (χ4n) is 3.65. The number of aromatic nitrogens is 1. The summed E-state index contributed by atoms with van der Waals surface area (Å²) >= 11 is 18.1. The van der Waals surface area contributed by atoms with Crippen LogP contribution in [0.15, 0.2) is 59.1 Å². The highest BCUT2D eigenvalue weighted by Crippen LogP contribution is 2.41. The van der Waals surface area contributed by atoms with E-state index in [-0.39, 0.29) is 12.1 Å². The number of pyridine rings is 1. The Bertz CT molecular complexity index is 1020. The zero-order valence-corrected chi connectivity index (χ0v) is 18.4. The van der Waals surface area contributed by atoms with Crippen molar-refractivity contribution in [1.29, 1.82) is 0 Å². The van der Waals surface area contributed by atoms with Crippen LogP contribution in [0.5, 0.6) is 0 Å². The van der Waals surface area contributed by atoms with Gasteiger partial charge in [0.25, 0.3) is 0 Å². The monoisotopic (exact) mass is 445 g/mol. The highest BCUT2D eigenvalue weighted by molar-refractivity contribution is 7.80. The predicted octanol–water partition coefficient (Wildman–Crippen LogP) is 6.28. The average molecular weight is 446 g/mol. The molecule has 29 heavy (non-hydrogen) atoms. The van der Waals surface area contributed by atoms with E-state index in [4.69, 9.17) is 39.8 Å². The lowest BCUT2D eigenvalue weighted by Gasteiger charge is -2.27. The van der Waals surface area contributed by atoms with Crippen LogP contribution in [0.3, 0.4) is 0 Å². The molecule has 0 saturated carbocycles. The molecular formula is C22H21Cl2N3OS. The summed E-state index contributed by atoms with van der Waals surface area (Å²) in [7, 11) is 0. The lowest BCUT2D eigenvalue weighted by atomic mass is 10.0. The van der Waals surface area contributed by atoms with Gasteiger partial charge in [-0.3, -0.25) is 4.98 Å². The summed E-state index contributed by atoms with van der Waals surface area (Å²) in [5.74, 6) is 1.96. The Morgan fingerprint density at radius 3 is 2.69 bits per heavy atom. The maximum Gasteiger partial charge on any atom is 0.170 e. The molecule has 7 heteroatoms. The maximum absolute atomic E-state index is 6.38. The van der Waals surface area contributed by atoms with Crippen LogP contribution in [0, 0.1) is 5.92 Å². The van der Waals surface area contributed by atoms with Gasteiger partial charge in [0.1, 0.15) is 17.6 Å². The second kappa shape index (κ2) is 8.34. The topological polar surface area (TPSA) is 41.3 Å². The number of benzene rings is 1. The molecule has 1 N–H and O–H groups in total. The number of thiocarbonyl (C=S) groups is 1. The van der Waals surface area contributed by atoms with Gasteiger partial charge in [0.05, 0.1) is 16.8 Å². The van der Waals surface area contributed by atoms with Gasteiger partial charge in [0.15, 0.2) is 5.11 Å². The molecule has 4 nitrogen and oxygen atoms in total. The summed E-state index contributed by atoms with van der Waals surface area (Å²) in [6, 6.07) is 15.0. The minimum Gasteiger partial charge on any atom is -0.459 e. The molecule has 3 heterocycles. The first-order valence-corrected chi connectivity index (χ1v) is 10.6. The molecule has 1 aliphatic heterocycles. The molecule has 1 fully saturated rings. The van der Waals surface area contributed by atoms with Crippen molar-refractivity contribution in [2.45, 2.75) is 25.9 Å². The van der Waals surface area contributed by atoms with Crippen LogP contribution in [-0.4, -0.2) is 21.5 Å². The van der Waals surface area contributed by atoms with Crippen molar-refractivity contribution in [3.8, 4) is 11.3 Å². The van der Waals surface area contributed by atoms with E-state index in [9.17, 15) is 0 Å². The molecule has 0 unspecified atom stereocenters. The van der Waals surface area contributed by atoms with Gasteiger partial charge in [-0.2, -0.15) is 0 Å². The molecule has 2 atom stereocenters. The van der Waals surface area contributed by atoms with Crippen LogP contribution in [0.4, 0.5) is 0 Å². The molecule has 0 radical (unpaired) electrons. The Morgan fingerprint density at radius 2 is 2.00 bits per heavy atom. The Balaban J connectivity index is 1.74. The predicted molar refractivity (Wildman–Crippen MR) is 121 cm³/mol. The Morgan fingerprint density at radius 1 is 1.17 bits per heavy atom. The molecule has 0 amide bonds. The Hall–Kier alpha value is -2.08. The summed E-state index contributed by atoms with van der Waals surface area (Å²) in [6.07, 6.45) is 1.79. The van der Waals surface area contributed by atoms with Crippen LogP contribution in [0.2, 0.25) is 10.0 Å². The van der Waals surface area contributed by atoms with Gasteiger partial charge in [-0.25, -0.2) is 0 Å². The zero-order valence-electron chi connectivity index (χ0n) is 16.1. The summed E-state index contributed by atoms with van der Waals surface area (Å²) in [5, 5.41) is 5.29. The van der Waals surface area contributed by atoms with Crippen molar-refractivity contribution in [3.63, 3.8) is 0 Å². The van der Waals surface area contributed by atoms with Crippen molar-refractivity contribution in [2.75, 3.05) is 6.54 Å². The molecule has 1 aliphatic rings. The third-order valence-corrected chi connectivity index (χ3v) is 5.77.